The number of nitrogens with one attached hydrogen (secondary N) is 1. The van der Waals surface area contributed by atoms with Crippen LogP contribution in [0.4, 0.5) is 10.8 Å². The first-order chi connectivity index (χ1) is 13.0. The molecule has 1 aliphatic heterocycles. The van der Waals surface area contributed by atoms with E-state index in [9.17, 15) is 19.7 Å². The maximum atomic E-state index is 12.9. The highest BCUT2D eigenvalue weighted by atomic mass is 32.1. The van der Waals surface area contributed by atoms with Crippen LogP contribution in [0.1, 0.15) is 23.2 Å². The summed E-state index contributed by atoms with van der Waals surface area (Å²) in [6, 6.07) is 5.47. The van der Waals surface area contributed by atoms with Crippen molar-refractivity contribution in [2.75, 3.05) is 25.0 Å². The van der Waals surface area contributed by atoms with Gasteiger partial charge in [0.1, 0.15) is 6.54 Å². The number of amides is 2. The topological polar surface area (TPSA) is 115 Å². The van der Waals surface area contributed by atoms with Crippen molar-refractivity contribution >= 4 is 34.0 Å². The first-order valence-electron chi connectivity index (χ1n) is 8.37. The molecule has 142 valence electrons. The van der Waals surface area contributed by atoms with Crippen LogP contribution in [0.2, 0.25) is 0 Å². The average molecular weight is 390 g/mol. The monoisotopic (exact) mass is 390 g/mol. The van der Waals surface area contributed by atoms with Crippen LogP contribution >= 0.6 is 11.3 Å². The molecular weight excluding hydrogens is 372 g/mol. The molecule has 1 aromatic heterocycles. The van der Waals surface area contributed by atoms with Crippen molar-refractivity contribution in [2.24, 2.45) is 0 Å². The fourth-order valence-electron chi connectivity index (χ4n) is 2.81. The van der Waals surface area contributed by atoms with E-state index < -0.39 is 10.8 Å². The third-order valence-electron chi connectivity index (χ3n) is 4.05. The van der Waals surface area contributed by atoms with E-state index in [1.807, 2.05) is 0 Å². The third kappa shape index (κ3) is 5.08. The number of aromatic nitrogens is 1. The molecular formula is C17H18N4O5S. The molecule has 0 saturated carbocycles. The smallest absolute Gasteiger partial charge is 0.270 e. The molecule has 0 spiro atoms. The Morgan fingerprint density at radius 3 is 2.96 bits per heavy atom. The van der Waals surface area contributed by atoms with Gasteiger partial charge in [0.25, 0.3) is 11.6 Å². The lowest BCUT2D eigenvalue weighted by Crippen LogP contribution is -2.42. The fraction of sp³-hybridized carbons (Fsp3) is 0.353. The summed E-state index contributed by atoms with van der Waals surface area (Å²) in [5.74, 6) is -0.842. The van der Waals surface area contributed by atoms with Crippen LogP contribution in [-0.4, -0.2) is 52.4 Å². The van der Waals surface area contributed by atoms with Gasteiger partial charge in [-0.15, -0.1) is 11.3 Å². The summed E-state index contributed by atoms with van der Waals surface area (Å²) in [7, 11) is 0. The van der Waals surface area contributed by atoms with E-state index in [2.05, 4.69) is 10.3 Å². The van der Waals surface area contributed by atoms with Gasteiger partial charge in [-0.3, -0.25) is 19.7 Å². The number of benzene rings is 1. The van der Waals surface area contributed by atoms with Crippen LogP contribution < -0.4 is 5.32 Å². The van der Waals surface area contributed by atoms with Crippen molar-refractivity contribution in [3.63, 3.8) is 0 Å². The highest BCUT2D eigenvalue weighted by Crippen LogP contribution is 2.18. The summed E-state index contributed by atoms with van der Waals surface area (Å²) < 4.78 is 5.57. The highest BCUT2D eigenvalue weighted by Gasteiger charge is 2.26. The Kier molecular flexibility index (Phi) is 6.09. The number of nitrogens with zero attached hydrogens (tertiary/aromatic N) is 3. The number of non-ortho nitro benzene ring substituents is 1. The number of ether oxygens (including phenoxy) is 1. The van der Waals surface area contributed by atoms with Gasteiger partial charge in [0.05, 0.1) is 11.0 Å². The van der Waals surface area contributed by atoms with E-state index in [-0.39, 0.29) is 36.4 Å². The van der Waals surface area contributed by atoms with Gasteiger partial charge >= 0.3 is 0 Å². The molecule has 27 heavy (non-hydrogen) atoms. The SMILES string of the molecule is O=C(CN(CC1CCCO1)C(=O)c1cccc([N+](=O)[O-])c1)Nc1nccs1. The van der Waals surface area contributed by atoms with Crippen LogP contribution in [0.5, 0.6) is 0 Å². The van der Waals surface area contributed by atoms with E-state index in [4.69, 9.17) is 4.74 Å². The molecule has 1 aliphatic rings. The normalized spacial score (nSPS) is 16.1. The second-order valence-electron chi connectivity index (χ2n) is 6.01. The van der Waals surface area contributed by atoms with Gasteiger partial charge in [-0.25, -0.2) is 4.98 Å². The number of thiazole rings is 1. The van der Waals surface area contributed by atoms with Crippen molar-refractivity contribution in [2.45, 2.75) is 18.9 Å². The Bertz CT molecular complexity index is 820. The number of carbonyl (C=O) groups is 2. The van der Waals surface area contributed by atoms with Crippen molar-refractivity contribution in [1.82, 2.24) is 9.88 Å². The third-order valence-corrected chi connectivity index (χ3v) is 4.74. The highest BCUT2D eigenvalue weighted by molar-refractivity contribution is 7.13. The van der Waals surface area contributed by atoms with Crippen LogP contribution in [0.15, 0.2) is 35.8 Å². The number of hydrogen-bond donors (Lipinski definition) is 1. The number of nitro benzene ring substituents is 1. The molecule has 2 heterocycles. The Hall–Kier alpha value is -2.85. The zero-order chi connectivity index (χ0) is 19.2. The maximum Gasteiger partial charge on any atom is 0.270 e. The Morgan fingerprint density at radius 2 is 2.30 bits per heavy atom. The summed E-state index contributed by atoms with van der Waals surface area (Å²) in [5.41, 5.74) is -0.0191. The van der Waals surface area contributed by atoms with Crippen LogP contribution in [0, 0.1) is 10.1 Å². The van der Waals surface area contributed by atoms with Gasteiger partial charge in [0.15, 0.2) is 5.13 Å². The zero-order valence-corrected chi connectivity index (χ0v) is 15.2. The van der Waals surface area contributed by atoms with Crippen LogP contribution in [0.3, 0.4) is 0 Å². The molecule has 1 atom stereocenters. The molecule has 1 aromatic carbocycles. The number of hydrogen-bond acceptors (Lipinski definition) is 7. The van der Waals surface area contributed by atoms with E-state index in [1.54, 1.807) is 11.6 Å². The minimum atomic E-state index is -0.559. The van der Waals surface area contributed by atoms with Crippen molar-refractivity contribution in [3.8, 4) is 0 Å². The molecule has 1 unspecified atom stereocenters. The van der Waals surface area contributed by atoms with E-state index >= 15 is 0 Å². The van der Waals surface area contributed by atoms with Crippen molar-refractivity contribution in [1.29, 1.82) is 0 Å². The van der Waals surface area contributed by atoms with Gasteiger partial charge < -0.3 is 15.0 Å². The largest absolute Gasteiger partial charge is 0.376 e. The second-order valence-corrected chi connectivity index (χ2v) is 6.91. The lowest BCUT2D eigenvalue weighted by molar-refractivity contribution is -0.384. The number of rotatable bonds is 7. The minimum absolute atomic E-state index is 0.152. The lowest BCUT2D eigenvalue weighted by atomic mass is 10.1. The van der Waals surface area contributed by atoms with Crippen molar-refractivity contribution in [3.05, 3.63) is 51.5 Å². The maximum absolute atomic E-state index is 12.9. The molecule has 2 aromatic rings. The van der Waals surface area contributed by atoms with Gasteiger partial charge in [-0.1, -0.05) is 6.07 Å². The Balaban J connectivity index is 1.75. The summed E-state index contributed by atoms with van der Waals surface area (Å²) in [4.78, 5) is 41.0. The minimum Gasteiger partial charge on any atom is -0.376 e. The predicted octanol–water partition coefficient (Wildman–Crippen LogP) is 2.31. The second kappa shape index (κ2) is 8.69. The van der Waals surface area contributed by atoms with Gasteiger partial charge in [0.2, 0.25) is 5.91 Å². The van der Waals surface area contributed by atoms with E-state index in [0.717, 1.165) is 12.8 Å². The van der Waals surface area contributed by atoms with Crippen LogP contribution in [-0.2, 0) is 9.53 Å². The van der Waals surface area contributed by atoms with E-state index in [0.29, 0.717) is 11.7 Å². The summed E-state index contributed by atoms with van der Waals surface area (Å²) in [6.45, 7) is 0.669. The first-order valence-corrected chi connectivity index (χ1v) is 9.25. The van der Waals surface area contributed by atoms with Gasteiger partial charge in [0, 0.05) is 42.4 Å². The van der Waals surface area contributed by atoms with Crippen molar-refractivity contribution < 1.29 is 19.2 Å². The molecule has 10 heteroatoms. The average Bonchev–Trinajstić information content (AvgIpc) is 3.34. The number of nitro groups is 1. The van der Waals surface area contributed by atoms with E-state index in [1.165, 1.54) is 40.5 Å². The Labute approximate surface area is 159 Å². The Morgan fingerprint density at radius 1 is 1.44 bits per heavy atom. The molecule has 0 aliphatic carbocycles. The quantitative estimate of drug-likeness (QED) is 0.573. The molecule has 0 radical (unpaired) electrons. The molecule has 1 N–H and O–H groups in total. The zero-order valence-electron chi connectivity index (χ0n) is 14.4. The lowest BCUT2D eigenvalue weighted by Gasteiger charge is -2.25. The summed E-state index contributed by atoms with van der Waals surface area (Å²) in [5, 5.41) is 15.8. The first kappa shape index (κ1) is 18.9. The van der Waals surface area contributed by atoms with Gasteiger partial charge in [-0.2, -0.15) is 0 Å². The fourth-order valence-corrected chi connectivity index (χ4v) is 3.35. The van der Waals surface area contributed by atoms with Gasteiger partial charge in [-0.05, 0) is 18.9 Å². The van der Waals surface area contributed by atoms with Crippen LogP contribution in [0.25, 0.3) is 0 Å². The number of carbonyl (C=O) groups excluding carboxylic acids is 2. The predicted molar refractivity (Wildman–Crippen MR) is 98.7 cm³/mol. The molecule has 0 bridgehead atoms. The summed E-state index contributed by atoms with van der Waals surface area (Å²) in [6.07, 6.45) is 3.11. The molecule has 1 saturated heterocycles. The number of anilines is 1. The summed E-state index contributed by atoms with van der Waals surface area (Å²) >= 11 is 1.28. The molecule has 1 fully saturated rings. The molecule has 3 rings (SSSR count). The molecule has 9 nitrogen and oxygen atoms in total. The molecule has 2 amide bonds. The standard InChI is InChI=1S/C17H18N4O5S/c22-15(19-17-18-6-8-27-17)11-20(10-14-5-2-7-26-14)16(23)12-3-1-4-13(9-12)21(24)25/h1,3-4,6,8-9,14H,2,5,7,10-11H2,(H,18,19,22).